The van der Waals surface area contributed by atoms with Crippen LogP contribution in [0.1, 0.15) is 361 Å². The van der Waals surface area contributed by atoms with E-state index in [-0.39, 0.29) is 31.1 Å². The molecule has 0 aromatic carbocycles. The molecule has 0 aliphatic heterocycles. The van der Waals surface area contributed by atoms with Crippen molar-refractivity contribution < 1.29 is 28.6 Å². The molecule has 0 rings (SSSR count). The quantitative estimate of drug-likeness (QED) is 0.0261. The monoisotopic (exact) mass is 1060 g/mol. The highest BCUT2D eigenvalue weighted by molar-refractivity contribution is 5.71. The Kier molecular flexibility index (Phi) is 62.6. The third-order valence-electron chi connectivity index (χ3n) is 15.1. The Morgan fingerprint density at radius 2 is 0.487 bits per heavy atom. The van der Waals surface area contributed by atoms with Crippen LogP contribution in [-0.2, 0) is 28.6 Å². The lowest BCUT2D eigenvalue weighted by Crippen LogP contribution is -2.30. The molecule has 76 heavy (non-hydrogen) atoms. The molecule has 0 bridgehead atoms. The minimum Gasteiger partial charge on any atom is -0.462 e. The zero-order valence-electron chi connectivity index (χ0n) is 51.0. The van der Waals surface area contributed by atoms with E-state index >= 15 is 0 Å². The third kappa shape index (κ3) is 62.2. The lowest BCUT2D eigenvalue weighted by Gasteiger charge is -2.18. The number of ether oxygens (including phenoxy) is 3. The van der Waals surface area contributed by atoms with Crippen molar-refractivity contribution in [2.75, 3.05) is 13.2 Å². The molecule has 1 atom stereocenters. The highest BCUT2D eigenvalue weighted by Gasteiger charge is 2.19. The zero-order chi connectivity index (χ0) is 55.0. The van der Waals surface area contributed by atoms with Gasteiger partial charge in [0.1, 0.15) is 13.2 Å². The Morgan fingerprint density at radius 1 is 0.263 bits per heavy atom. The minimum absolute atomic E-state index is 0.0717. The molecule has 0 aromatic heterocycles. The molecule has 0 aliphatic rings. The number of rotatable bonds is 62. The van der Waals surface area contributed by atoms with Gasteiger partial charge in [-0.15, -0.1) is 0 Å². The SMILES string of the molecule is CCCC/C=C\CCCCCCCC(=O)OCC(COC(=O)CCCCCCCCCCCCCCCC/C=C\C/C=C\C/C=C\CCCCCCC)OC(=O)CCCCCCCCCCCCCCCCCCCC. The molecular weight excluding hydrogens is 937 g/mol. The number of hydrogen-bond acceptors (Lipinski definition) is 6. The first kappa shape index (κ1) is 73.4. The first-order valence-corrected chi connectivity index (χ1v) is 33.6. The molecule has 0 aliphatic carbocycles. The average Bonchev–Trinajstić information content (AvgIpc) is 3.42. The molecule has 6 nitrogen and oxygen atoms in total. The van der Waals surface area contributed by atoms with Gasteiger partial charge in [-0.25, -0.2) is 0 Å². The van der Waals surface area contributed by atoms with Gasteiger partial charge in [0.05, 0.1) is 0 Å². The van der Waals surface area contributed by atoms with Crippen LogP contribution in [-0.4, -0.2) is 37.2 Å². The summed E-state index contributed by atoms with van der Waals surface area (Å²) in [5, 5.41) is 0. The van der Waals surface area contributed by atoms with E-state index in [0.717, 1.165) is 77.0 Å². The van der Waals surface area contributed by atoms with Crippen molar-refractivity contribution in [3.63, 3.8) is 0 Å². The van der Waals surface area contributed by atoms with Crippen molar-refractivity contribution in [1.29, 1.82) is 0 Å². The Bertz CT molecular complexity index is 1310. The molecule has 0 fully saturated rings. The molecule has 0 amide bonds. The van der Waals surface area contributed by atoms with Crippen molar-refractivity contribution in [2.24, 2.45) is 0 Å². The molecule has 444 valence electrons. The first-order chi connectivity index (χ1) is 37.5. The van der Waals surface area contributed by atoms with Crippen molar-refractivity contribution >= 4 is 17.9 Å². The average molecular weight is 1070 g/mol. The summed E-state index contributed by atoms with van der Waals surface area (Å²) in [6.45, 7) is 6.64. The van der Waals surface area contributed by atoms with E-state index in [9.17, 15) is 14.4 Å². The fourth-order valence-electron chi connectivity index (χ4n) is 9.96. The second-order valence-corrected chi connectivity index (χ2v) is 22.7. The highest BCUT2D eigenvalue weighted by atomic mass is 16.6. The predicted molar refractivity (Wildman–Crippen MR) is 330 cm³/mol. The Labute approximate surface area is 473 Å². The molecular formula is C70H128O6. The van der Waals surface area contributed by atoms with E-state index in [0.29, 0.717) is 19.3 Å². The first-order valence-electron chi connectivity index (χ1n) is 33.6. The number of carbonyl (C=O) groups excluding carboxylic acids is 3. The summed E-state index contributed by atoms with van der Waals surface area (Å²) in [6, 6.07) is 0. The van der Waals surface area contributed by atoms with Crippen LogP contribution in [0.2, 0.25) is 0 Å². The largest absolute Gasteiger partial charge is 0.462 e. The van der Waals surface area contributed by atoms with E-state index in [2.05, 4.69) is 69.4 Å². The predicted octanol–water partition coefficient (Wildman–Crippen LogP) is 22.9. The van der Waals surface area contributed by atoms with E-state index in [4.69, 9.17) is 14.2 Å². The molecule has 0 N–H and O–H groups in total. The minimum atomic E-state index is -0.774. The third-order valence-corrected chi connectivity index (χ3v) is 15.1. The molecule has 0 spiro atoms. The van der Waals surface area contributed by atoms with Crippen LogP contribution >= 0.6 is 0 Å². The van der Waals surface area contributed by atoms with E-state index in [1.807, 2.05) is 0 Å². The van der Waals surface area contributed by atoms with Crippen LogP contribution in [0.15, 0.2) is 48.6 Å². The number of carbonyl (C=O) groups is 3. The van der Waals surface area contributed by atoms with E-state index in [1.165, 1.54) is 244 Å². The van der Waals surface area contributed by atoms with Crippen molar-refractivity contribution in [2.45, 2.75) is 367 Å². The van der Waals surface area contributed by atoms with E-state index in [1.54, 1.807) is 0 Å². The summed E-state index contributed by atoms with van der Waals surface area (Å²) in [7, 11) is 0. The van der Waals surface area contributed by atoms with Gasteiger partial charge in [0, 0.05) is 19.3 Å². The standard InChI is InChI=1S/C70H128O6/c1-4-7-10-13-16-19-22-24-26-28-30-31-32-33-34-35-36-37-38-39-40-42-43-45-48-51-54-57-60-63-69(72)75-66-67(65-74-68(71)62-59-56-53-50-47-21-18-15-12-9-6-3)76-70(73)64-61-58-55-52-49-46-44-41-29-27-25-23-20-17-14-11-8-5-2/h15,18,22,24,28,30,32-33,67H,4-14,16-17,19-21,23,25-27,29,31,34-66H2,1-3H3/b18-15-,24-22-,30-28-,33-32-. The summed E-state index contributed by atoms with van der Waals surface area (Å²) in [4.78, 5) is 38.3. The summed E-state index contributed by atoms with van der Waals surface area (Å²) < 4.78 is 16.9. The maximum atomic E-state index is 12.9. The Morgan fingerprint density at radius 3 is 0.789 bits per heavy atom. The smallest absolute Gasteiger partial charge is 0.306 e. The summed E-state index contributed by atoms with van der Waals surface area (Å²) in [6.07, 6.45) is 81.4. The van der Waals surface area contributed by atoms with Crippen molar-refractivity contribution in [3.05, 3.63) is 48.6 Å². The van der Waals surface area contributed by atoms with Gasteiger partial charge in [-0.3, -0.25) is 14.4 Å². The van der Waals surface area contributed by atoms with Gasteiger partial charge in [0.2, 0.25) is 0 Å². The fraction of sp³-hybridized carbons (Fsp3) is 0.843. The van der Waals surface area contributed by atoms with Crippen molar-refractivity contribution in [1.82, 2.24) is 0 Å². The second kappa shape index (κ2) is 64.9. The van der Waals surface area contributed by atoms with Crippen LogP contribution in [0.5, 0.6) is 0 Å². The van der Waals surface area contributed by atoms with Gasteiger partial charge >= 0.3 is 17.9 Å². The maximum absolute atomic E-state index is 12.9. The Balaban J connectivity index is 4.17. The van der Waals surface area contributed by atoms with Gasteiger partial charge in [-0.2, -0.15) is 0 Å². The lowest BCUT2D eigenvalue weighted by molar-refractivity contribution is -0.167. The molecule has 0 saturated heterocycles. The van der Waals surface area contributed by atoms with Gasteiger partial charge in [-0.1, -0.05) is 313 Å². The molecule has 0 heterocycles. The summed E-state index contributed by atoms with van der Waals surface area (Å²) >= 11 is 0. The zero-order valence-corrected chi connectivity index (χ0v) is 51.0. The number of unbranched alkanes of at least 4 members (excludes halogenated alkanes) is 43. The maximum Gasteiger partial charge on any atom is 0.306 e. The number of hydrogen-bond donors (Lipinski definition) is 0. The molecule has 0 radical (unpaired) electrons. The normalized spacial score (nSPS) is 12.3. The highest BCUT2D eigenvalue weighted by Crippen LogP contribution is 2.18. The molecule has 1 unspecified atom stereocenters. The van der Waals surface area contributed by atoms with Crippen LogP contribution < -0.4 is 0 Å². The molecule has 0 saturated carbocycles. The topological polar surface area (TPSA) is 78.9 Å². The Hall–Kier alpha value is -2.63. The van der Waals surface area contributed by atoms with Gasteiger partial charge in [-0.05, 0) is 77.0 Å². The van der Waals surface area contributed by atoms with Crippen LogP contribution in [0.4, 0.5) is 0 Å². The van der Waals surface area contributed by atoms with Crippen molar-refractivity contribution in [3.8, 4) is 0 Å². The number of allylic oxidation sites excluding steroid dienone is 8. The summed E-state index contributed by atoms with van der Waals surface area (Å²) in [5.41, 5.74) is 0. The number of esters is 3. The molecule has 6 heteroatoms. The van der Waals surface area contributed by atoms with Gasteiger partial charge in [0.15, 0.2) is 6.10 Å². The van der Waals surface area contributed by atoms with Crippen LogP contribution in [0, 0.1) is 0 Å². The van der Waals surface area contributed by atoms with Crippen LogP contribution in [0.3, 0.4) is 0 Å². The van der Waals surface area contributed by atoms with Crippen LogP contribution in [0.25, 0.3) is 0 Å². The van der Waals surface area contributed by atoms with Gasteiger partial charge in [0.25, 0.3) is 0 Å². The van der Waals surface area contributed by atoms with Gasteiger partial charge < -0.3 is 14.2 Å². The fourth-order valence-corrected chi connectivity index (χ4v) is 9.96. The second-order valence-electron chi connectivity index (χ2n) is 22.7. The van der Waals surface area contributed by atoms with E-state index < -0.39 is 6.10 Å². The lowest BCUT2D eigenvalue weighted by atomic mass is 10.0. The molecule has 0 aromatic rings. The summed E-state index contributed by atoms with van der Waals surface area (Å²) in [5.74, 6) is -0.860.